The van der Waals surface area contributed by atoms with E-state index < -0.39 is 17.9 Å². The molecule has 0 saturated carbocycles. The second kappa shape index (κ2) is 9.14. The number of nitrogens with zero attached hydrogens (tertiary/aromatic N) is 1. The summed E-state index contributed by atoms with van der Waals surface area (Å²) in [4.78, 5) is 29.3. The molecule has 0 bridgehead atoms. The SMILES string of the molecule is CCOCC(O)Cn1cc(C2=C(c3c[nH]c4ccc(Br)cc34)C(=O)NC2=O)c2cc(Br)ccc21. The Morgan fingerprint density at radius 3 is 2.41 bits per heavy atom. The van der Waals surface area contributed by atoms with E-state index in [1.807, 2.05) is 54.1 Å². The summed E-state index contributed by atoms with van der Waals surface area (Å²) in [6, 6.07) is 11.5. The Hall–Kier alpha value is -2.72. The first kappa shape index (κ1) is 23.0. The summed E-state index contributed by atoms with van der Waals surface area (Å²) in [7, 11) is 0. The van der Waals surface area contributed by atoms with Crippen molar-refractivity contribution < 1.29 is 19.4 Å². The van der Waals surface area contributed by atoms with Gasteiger partial charge >= 0.3 is 0 Å². The lowest BCUT2D eigenvalue weighted by atomic mass is 9.95. The summed E-state index contributed by atoms with van der Waals surface area (Å²) < 4.78 is 8.97. The Bertz CT molecular complexity index is 1480. The highest BCUT2D eigenvalue weighted by atomic mass is 79.9. The fraction of sp³-hybridized carbons (Fsp3) is 0.200. The zero-order chi connectivity index (χ0) is 24.0. The number of aliphatic hydroxyl groups excluding tert-OH is 1. The van der Waals surface area contributed by atoms with Gasteiger partial charge in [-0.2, -0.15) is 0 Å². The number of aliphatic hydroxyl groups is 1. The molecule has 0 fully saturated rings. The number of halogens is 2. The van der Waals surface area contributed by atoms with Crippen LogP contribution in [0, 0.1) is 0 Å². The van der Waals surface area contributed by atoms with Crippen LogP contribution in [0.4, 0.5) is 0 Å². The molecule has 4 aromatic rings. The normalized spacial score (nSPS) is 15.1. The van der Waals surface area contributed by atoms with Gasteiger partial charge in [-0.25, -0.2) is 0 Å². The molecule has 1 aliphatic heterocycles. The van der Waals surface area contributed by atoms with E-state index in [4.69, 9.17) is 4.74 Å². The lowest BCUT2D eigenvalue weighted by Gasteiger charge is -2.12. The van der Waals surface area contributed by atoms with Gasteiger partial charge in [0.05, 0.1) is 30.4 Å². The van der Waals surface area contributed by atoms with Crippen molar-refractivity contribution in [3.63, 3.8) is 0 Å². The van der Waals surface area contributed by atoms with E-state index in [-0.39, 0.29) is 13.2 Å². The van der Waals surface area contributed by atoms with Gasteiger partial charge in [-0.3, -0.25) is 14.9 Å². The first-order valence-electron chi connectivity index (χ1n) is 10.8. The van der Waals surface area contributed by atoms with Gasteiger partial charge in [0.2, 0.25) is 0 Å². The monoisotopic (exact) mass is 585 g/mol. The number of aromatic amines is 1. The predicted octanol–water partition coefficient (Wildman–Crippen LogP) is 4.61. The maximum Gasteiger partial charge on any atom is 0.259 e. The van der Waals surface area contributed by atoms with Gasteiger partial charge in [-0.1, -0.05) is 31.9 Å². The first-order chi connectivity index (χ1) is 16.4. The molecule has 174 valence electrons. The topological polar surface area (TPSA) is 96.3 Å². The number of nitrogens with one attached hydrogen (secondary N) is 2. The number of hydrogen-bond donors (Lipinski definition) is 3. The average Bonchev–Trinajstić information content (AvgIpc) is 3.44. The van der Waals surface area contributed by atoms with Crippen molar-refractivity contribution in [3.8, 4) is 0 Å². The van der Waals surface area contributed by atoms with Crippen molar-refractivity contribution in [3.05, 3.63) is 68.9 Å². The van der Waals surface area contributed by atoms with Crippen molar-refractivity contribution >= 4 is 76.6 Å². The largest absolute Gasteiger partial charge is 0.389 e. The van der Waals surface area contributed by atoms with Crippen molar-refractivity contribution in [1.82, 2.24) is 14.9 Å². The fourth-order valence-corrected chi connectivity index (χ4v) is 5.14. The van der Waals surface area contributed by atoms with E-state index in [1.165, 1.54) is 0 Å². The van der Waals surface area contributed by atoms with E-state index in [0.717, 1.165) is 30.8 Å². The third-order valence-corrected chi connectivity index (χ3v) is 6.87. The molecular formula is C25H21Br2N3O4. The van der Waals surface area contributed by atoms with Gasteiger partial charge in [0, 0.05) is 60.9 Å². The fourth-order valence-electron chi connectivity index (χ4n) is 4.42. The van der Waals surface area contributed by atoms with E-state index in [0.29, 0.717) is 28.9 Å². The average molecular weight is 587 g/mol. The molecule has 3 heterocycles. The molecule has 0 saturated heterocycles. The number of carbonyl (C=O) groups excluding carboxylic acids is 2. The molecular weight excluding hydrogens is 566 g/mol. The number of benzene rings is 2. The van der Waals surface area contributed by atoms with Crippen molar-refractivity contribution in [2.24, 2.45) is 0 Å². The molecule has 7 nitrogen and oxygen atoms in total. The highest BCUT2D eigenvalue weighted by molar-refractivity contribution is 9.10. The molecule has 1 atom stereocenters. The van der Waals surface area contributed by atoms with Crippen molar-refractivity contribution in [2.75, 3.05) is 13.2 Å². The Balaban J connectivity index is 1.72. The number of amides is 2. The zero-order valence-corrected chi connectivity index (χ0v) is 21.4. The standard InChI is InChI=1S/C25H21Br2N3O4/c1-2-34-12-15(31)10-30-11-19(17-8-14(27)4-6-21(17)30)23-22(24(32)29-25(23)33)18-9-28-20-5-3-13(26)7-16(18)20/h3-9,11,15,28,31H,2,10,12H2,1H3,(H,29,32,33). The van der Waals surface area contributed by atoms with Crippen LogP contribution in [0.2, 0.25) is 0 Å². The highest BCUT2D eigenvalue weighted by Gasteiger charge is 2.35. The number of imide groups is 1. The Morgan fingerprint density at radius 1 is 1.00 bits per heavy atom. The zero-order valence-electron chi connectivity index (χ0n) is 18.2. The van der Waals surface area contributed by atoms with Gasteiger partial charge in [-0.05, 0) is 43.3 Å². The summed E-state index contributed by atoms with van der Waals surface area (Å²) in [6.07, 6.45) is 2.86. The number of hydrogen-bond acceptors (Lipinski definition) is 4. The number of aromatic nitrogens is 2. The number of H-pyrrole nitrogens is 1. The molecule has 0 aliphatic carbocycles. The van der Waals surface area contributed by atoms with Crippen LogP contribution >= 0.6 is 31.9 Å². The first-order valence-corrected chi connectivity index (χ1v) is 12.4. The molecule has 34 heavy (non-hydrogen) atoms. The van der Waals surface area contributed by atoms with Gasteiger partial charge < -0.3 is 19.4 Å². The van der Waals surface area contributed by atoms with E-state index in [1.54, 1.807) is 6.20 Å². The molecule has 5 rings (SSSR count). The molecule has 2 aromatic carbocycles. The smallest absolute Gasteiger partial charge is 0.259 e. The quantitative estimate of drug-likeness (QED) is 0.276. The van der Waals surface area contributed by atoms with Crippen LogP contribution in [-0.2, 0) is 20.9 Å². The maximum absolute atomic E-state index is 13.1. The molecule has 2 amide bonds. The Morgan fingerprint density at radius 2 is 1.68 bits per heavy atom. The van der Waals surface area contributed by atoms with E-state index in [2.05, 4.69) is 42.2 Å². The molecule has 1 aliphatic rings. The van der Waals surface area contributed by atoms with Crippen molar-refractivity contribution in [1.29, 1.82) is 0 Å². The van der Waals surface area contributed by atoms with Crippen LogP contribution in [0.3, 0.4) is 0 Å². The van der Waals surface area contributed by atoms with Crippen LogP contribution in [0.5, 0.6) is 0 Å². The summed E-state index contributed by atoms with van der Waals surface area (Å²) in [6.45, 7) is 2.89. The molecule has 2 aromatic heterocycles. The number of fused-ring (bicyclic) bond motifs is 2. The van der Waals surface area contributed by atoms with Gasteiger partial charge in [0.25, 0.3) is 11.8 Å². The minimum atomic E-state index is -0.717. The van der Waals surface area contributed by atoms with Crippen molar-refractivity contribution in [2.45, 2.75) is 19.6 Å². The third kappa shape index (κ3) is 4.02. The van der Waals surface area contributed by atoms with E-state index in [9.17, 15) is 14.7 Å². The third-order valence-electron chi connectivity index (χ3n) is 5.88. The van der Waals surface area contributed by atoms with Crippen LogP contribution in [0.25, 0.3) is 33.0 Å². The van der Waals surface area contributed by atoms with Gasteiger partial charge in [0.15, 0.2) is 0 Å². The number of rotatable bonds is 7. The maximum atomic E-state index is 13.1. The van der Waals surface area contributed by atoms with Crippen LogP contribution in [-0.4, -0.2) is 45.8 Å². The molecule has 3 N–H and O–H groups in total. The minimum absolute atomic E-state index is 0.208. The second-order valence-electron chi connectivity index (χ2n) is 8.10. The van der Waals surface area contributed by atoms with Gasteiger partial charge in [0.1, 0.15) is 0 Å². The second-order valence-corrected chi connectivity index (χ2v) is 9.93. The van der Waals surface area contributed by atoms with Crippen LogP contribution in [0.1, 0.15) is 18.1 Å². The van der Waals surface area contributed by atoms with E-state index >= 15 is 0 Å². The van der Waals surface area contributed by atoms with Gasteiger partial charge in [-0.15, -0.1) is 0 Å². The molecule has 9 heteroatoms. The Kier molecular flexibility index (Phi) is 6.20. The Labute approximate surface area is 212 Å². The summed E-state index contributed by atoms with van der Waals surface area (Å²) in [5.41, 5.74) is 3.62. The lowest BCUT2D eigenvalue weighted by molar-refractivity contribution is -0.122. The number of carbonyl (C=O) groups is 2. The predicted molar refractivity (Wildman–Crippen MR) is 138 cm³/mol. The van der Waals surface area contributed by atoms with Crippen LogP contribution in [0.15, 0.2) is 57.7 Å². The number of ether oxygens (including phenoxy) is 1. The summed E-state index contributed by atoms with van der Waals surface area (Å²) in [5, 5.41) is 14.6. The summed E-state index contributed by atoms with van der Waals surface area (Å²) in [5.74, 6) is -0.883. The molecule has 0 spiro atoms. The minimum Gasteiger partial charge on any atom is -0.389 e. The lowest BCUT2D eigenvalue weighted by Crippen LogP contribution is -2.22. The molecule has 0 radical (unpaired) electrons. The molecule has 1 unspecified atom stereocenters. The van der Waals surface area contributed by atoms with Crippen LogP contribution < -0.4 is 5.32 Å². The summed E-state index contributed by atoms with van der Waals surface area (Å²) >= 11 is 7.01. The highest BCUT2D eigenvalue weighted by Crippen LogP contribution is 2.39.